The van der Waals surface area contributed by atoms with E-state index in [1.165, 1.54) is 28.3 Å². The van der Waals surface area contributed by atoms with Gasteiger partial charge in [-0.2, -0.15) is 0 Å². The van der Waals surface area contributed by atoms with Crippen molar-refractivity contribution in [1.82, 2.24) is 25.0 Å². The molecule has 0 radical (unpaired) electrons. The molecule has 10 nitrogen and oxygen atoms in total. The van der Waals surface area contributed by atoms with Crippen LogP contribution in [0.5, 0.6) is 0 Å². The highest BCUT2D eigenvalue weighted by Gasteiger charge is 2.70. The molecule has 0 unspecified atom stereocenters. The molecular weight excluding hydrogens is 546 g/mol. The van der Waals surface area contributed by atoms with E-state index in [2.05, 4.69) is 46.6 Å². The minimum absolute atomic E-state index is 0.171. The van der Waals surface area contributed by atoms with Gasteiger partial charge in [-0.05, 0) is 62.4 Å². The number of amides is 3. The van der Waals surface area contributed by atoms with E-state index < -0.39 is 29.6 Å². The van der Waals surface area contributed by atoms with Crippen LogP contribution in [0.25, 0.3) is 10.9 Å². The van der Waals surface area contributed by atoms with Crippen LogP contribution >= 0.6 is 0 Å². The molecule has 3 amide bonds. The minimum Gasteiger partial charge on any atom is -0.361 e. The number of aromatic nitrogens is 1. The number of ether oxygens (including phenoxy) is 1. The molecule has 0 spiro atoms. The molecule has 5 heterocycles. The molecule has 8 rings (SSSR count). The Bertz CT molecular complexity index is 1640. The third-order valence-corrected chi connectivity index (χ3v) is 10.6. The highest BCUT2D eigenvalue weighted by molar-refractivity contribution is 5.97. The fourth-order valence-corrected chi connectivity index (χ4v) is 8.65. The Morgan fingerprint density at radius 2 is 1.98 bits per heavy atom. The lowest BCUT2D eigenvalue weighted by atomic mass is 9.72. The van der Waals surface area contributed by atoms with Crippen LogP contribution in [0.15, 0.2) is 54.7 Å². The predicted octanol–water partition coefficient (Wildman–Crippen LogP) is 2.08. The van der Waals surface area contributed by atoms with Crippen molar-refractivity contribution in [2.75, 3.05) is 20.1 Å². The lowest BCUT2D eigenvalue weighted by Gasteiger charge is -2.48. The number of hydrogen-bond donors (Lipinski definition) is 3. The van der Waals surface area contributed by atoms with E-state index in [0.29, 0.717) is 32.4 Å². The Balaban J connectivity index is 1.08. The van der Waals surface area contributed by atoms with Gasteiger partial charge in [0.1, 0.15) is 12.1 Å². The standard InChI is InChI=1S/C33H37N5O5/c1-32(35-29(39)21-15-23-22-10-6-11-24-28(22)20(17-34-24)16-25(23)36(2)18-21)31(41)38-26(14-19-8-4-3-5-9-19)30(40)37-13-7-12-27(37)33(38,42)43-32/h3-6,8-11,17,21,23,25-27,34,42H,7,12-16,18H2,1-2H3,(H,35,39)/t21-,23-,25-,26+,27+,32+,33+/m1/s1. The first kappa shape index (κ1) is 26.9. The number of piperazine rings is 1. The van der Waals surface area contributed by atoms with Gasteiger partial charge >= 0.3 is 0 Å². The first-order chi connectivity index (χ1) is 20.7. The Morgan fingerprint density at radius 1 is 1.16 bits per heavy atom. The Hall–Kier alpha value is -3.73. The number of aliphatic hydroxyl groups is 1. The number of rotatable bonds is 4. The van der Waals surface area contributed by atoms with Gasteiger partial charge in [0.05, 0.1) is 5.92 Å². The zero-order valence-corrected chi connectivity index (χ0v) is 24.5. The topological polar surface area (TPSA) is 118 Å². The van der Waals surface area contributed by atoms with Crippen molar-refractivity contribution in [2.24, 2.45) is 5.92 Å². The molecule has 224 valence electrons. The fourth-order valence-electron chi connectivity index (χ4n) is 8.65. The first-order valence-corrected chi connectivity index (χ1v) is 15.4. The van der Waals surface area contributed by atoms with Crippen molar-refractivity contribution in [3.8, 4) is 0 Å². The van der Waals surface area contributed by atoms with Gasteiger partial charge in [0.25, 0.3) is 11.8 Å². The number of piperidine rings is 1. The molecule has 2 aromatic carbocycles. The van der Waals surface area contributed by atoms with E-state index in [0.717, 1.165) is 17.5 Å². The lowest BCUT2D eigenvalue weighted by Crippen LogP contribution is -2.71. The van der Waals surface area contributed by atoms with Gasteiger partial charge in [-0.3, -0.25) is 24.0 Å². The maximum Gasteiger partial charge on any atom is 0.280 e. The van der Waals surface area contributed by atoms with Crippen molar-refractivity contribution in [3.63, 3.8) is 0 Å². The molecule has 4 aliphatic heterocycles. The quantitative estimate of drug-likeness (QED) is 0.433. The second-order valence-electron chi connectivity index (χ2n) is 13.2. The number of likely N-dealkylation sites (tertiary alicyclic amines) is 1. The van der Waals surface area contributed by atoms with Crippen LogP contribution in [-0.2, 0) is 32.0 Å². The molecule has 3 N–H and O–H groups in total. The van der Waals surface area contributed by atoms with E-state index in [4.69, 9.17) is 4.74 Å². The minimum atomic E-state index is -2.03. The van der Waals surface area contributed by atoms with Crippen LogP contribution in [0.4, 0.5) is 0 Å². The summed E-state index contributed by atoms with van der Waals surface area (Å²) in [5.41, 5.74) is 2.74. The van der Waals surface area contributed by atoms with Gasteiger partial charge < -0.3 is 25.2 Å². The number of nitrogens with zero attached hydrogens (tertiary/aromatic N) is 3. The van der Waals surface area contributed by atoms with Gasteiger partial charge in [0, 0.05) is 48.6 Å². The van der Waals surface area contributed by atoms with E-state index >= 15 is 0 Å². The number of H-pyrrole nitrogens is 1. The largest absolute Gasteiger partial charge is 0.361 e. The van der Waals surface area contributed by atoms with E-state index in [9.17, 15) is 19.5 Å². The molecule has 43 heavy (non-hydrogen) atoms. The monoisotopic (exact) mass is 583 g/mol. The smallest absolute Gasteiger partial charge is 0.280 e. The zero-order chi connectivity index (χ0) is 29.7. The van der Waals surface area contributed by atoms with Crippen LogP contribution in [0, 0.1) is 5.92 Å². The molecule has 4 saturated heterocycles. The number of carbonyl (C=O) groups is 3. The average molecular weight is 584 g/mol. The van der Waals surface area contributed by atoms with Crippen molar-refractivity contribution >= 4 is 28.6 Å². The van der Waals surface area contributed by atoms with E-state index in [-0.39, 0.29) is 36.1 Å². The number of hydrogen-bond acceptors (Lipinski definition) is 6. The maximum absolute atomic E-state index is 14.2. The molecule has 7 atom stereocenters. The van der Waals surface area contributed by atoms with E-state index in [1.807, 2.05) is 30.3 Å². The fraction of sp³-hybridized carbons (Fsp3) is 0.485. The molecule has 4 fully saturated rings. The summed E-state index contributed by atoms with van der Waals surface area (Å²) in [7, 11) is 2.06. The lowest BCUT2D eigenvalue weighted by molar-refractivity contribution is -0.315. The Morgan fingerprint density at radius 3 is 2.79 bits per heavy atom. The average Bonchev–Trinajstić information content (AvgIpc) is 3.70. The molecule has 3 aromatic rings. The summed E-state index contributed by atoms with van der Waals surface area (Å²) in [5, 5.41) is 16.2. The van der Waals surface area contributed by atoms with Gasteiger partial charge in [-0.1, -0.05) is 42.5 Å². The van der Waals surface area contributed by atoms with Crippen molar-refractivity contribution in [2.45, 2.75) is 74.7 Å². The number of benzene rings is 2. The summed E-state index contributed by atoms with van der Waals surface area (Å²) in [6.07, 6.45) is 5.13. The van der Waals surface area contributed by atoms with Crippen LogP contribution in [0.1, 0.15) is 48.8 Å². The number of fused-ring (bicyclic) bond motifs is 5. The van der Waals surface area contributed by atoms with Crippen LogP contribution in [0.2, 0.25) is 0 Å². The van der Waals surface area contributed by atoms with Crippen LogP contribution in [0.3, 0.4) is 0 Å². The van der Waals surface area contributed by atoms with Gasteiger partial charge in [0.2, 0.25) is 17.5 Å². The van der Waals surface area contributed by atoms with Gasteiger partial charge in [-0.15, -0.1) is 0 Å². The summed E-state index contributed by atoms with van der Waals surface area (Å²) in [6, 6.07) is 14.4. The number of likely N-dealkylation sites (N-methyl/N-ethyl adjacent to an activating group) is 1. The van der Waals surface area contributed by atoms with Crippen molar-refractivity contribution in [3.05, 3.63) is 71.4 Å². The second kappa shape index (κ2) is 9.38. The summed E-state index contributed by atoms with van der Waals surface area (Å²) in [4.78, 5) is 50.4. The Labute approximate surface area is 250 Å². The second-order valence-corrected chi connectivity index (χ2v) is 13.2. The van der Waals surface area contributed by atoms with Crippen LogP contribution < -0.4 is 5.32 Å². The number of carbonyl (C=O) groups excluding carboxylic acids is 3. The summed E-state index contributed by atoms with van der Waals surface area (Å²) in [6.45, 7) is 2.56. The third-order valence-electron chi connectivity index (χ3n) is 10.6. The van der Waals surface area contributed by atoms with Crippen molar-refractivity contribution < 1.29 is 24.2 Å². The Kier molecular flexibility index (Phi) is 5.86. The molecule has 1 aromatic heterocycles. The third kappa shape index (κ3) is 3.86. The van der Waals surface area contributed by atoms with E-state index in [1.54, 1.807) is 4.90 Å². The summed E-state index contributed by atoms with van der Waals surface area (Å²) in [5.74, 6) is -3.31. The molecule has 1 aliphatic carbocycles. The summed E-state index contributed by atoms with van der Waals surface area (Å²) >= 11 is 0. The number of nitrogens with one attached hydrogen (secondary N) is 2. The summed E-state index contributed by atoms with van der Waals surface area (Å²) < 4.78 is 6.25. The maximum atomic E-state index is 14.2. The van der Waals surface area contributed by atoms with Gasteiger partial charge in [-0.25, -0.2) is 0 Å². The first-order valence-electron chi connectivity index (χ1n) is 15.4. The molecular formula is C33H37N5O5. The van der Waals surface area contributed by atoms with Crippen LogP contribution in [-0.4, -0.2) is 92.4 Å². The highest BCUT2D eigenvalue weighted by atomic mass is 16.7. The SMILES string of the molecule is CN1C[C@H](C(=O)N[C@@]2(C)O[C@@]3(O)[C@@H]4CCCN4C(=O)[C@H](Cc4ccccc4)N3C2=O)C[C@@H]2c3cccc4[nH]cc(c34)C[C@H]21. The highest BCUT2D eigenvalue weighted by Crippen LogP contribution is 2.47. The predicted molar refractivity (Wildman–Crippen MR) is 157 cm³/mol. The zero-order valence-electron chi connectivity index (χ0n) is 24.5. The normalized spacial score (nSPS) is 35.2. The van der Waals surface area contributed by atoms with Crippen molar-refractivity contribution in [1.29, 1.82) is 0 Å². The molecule has 10 heteroatoms. The molecule has 5 aliphatic rings. The van der Waals surface area contributed by atoms with Gasteiger partial charge in [0.15, 0.2) is 0 Å². The number of aromatic amines is 1. The molecule has 0 bridgehead atoms. The molecule has 0 saturated carbocycles.